The Hall–Kier alpha value is -2.37. The number of likely N-dealkylation sites (tertiary alicyclic amines) is 1. The molecule has 2 aromatic rings. The van der Waals surface area contributed by atoms with Crippen LogP contribution >= 0.6 is 0 Å². The molecule has 3 rings (SSSR count). The average Bonchev–Trinajstić information content (AvgIpc) is 3.00. The van der Waals surface area contributed by atoms with Gasteiger partial charge in [-0.2, -0.15) is 0 Å². The number of aryl methyl sites for hydroxylation is 1. The first-order valence-electron chi connectivity index (χ1n) is 10.5. The van der Waals surface area contributed by atoms with Gasteiger partial charge in [0.05, 0.1) is 5.69 Å². The van der Waals surface area contributed by atoms with Gasteiger partial charge in [-0.15, -0.1) is 0 Å². The quantitative estimate of drug-likeness (QED) is 0.740. The minimum absolute atomic E-state index is 0.0942. The summed E-state index contributed by atoms with van der Waals surface area (Å²) in [5, 5.41) is 2.99. The molecule has 1 aliphatic rings. The molecule has 2 aromatic heterocycles. The van der Waals surface area contributed by atoms with E-state index in [2.05, 4.69) is 29.0 Å². The predicted molar refractivity (Wildman–Crippen MR) is 110 cm³/mol. The number of hydrogen-bond donors (Lipinski definition) is 1. The topological polar surface area (TPSA) is 66.7 Å². The van der Waals surface area contributed by atoms with Gasteiger partial charge in [-0.3, -0.25) is 14.0 Å². The molecule has 0 spiro atoms. The van der Waals surface area contributed by atoms with Crippen LogP contribution in [-0.2, 0) is 4.79 Å². The standard InChI is InChI=1S/C22H32N4O2/c1-16-10-9-11-17(2)26(16)20(27)13-5-4-7-14-23-22(28)21-18(3)24-19-12-6-8-15-25(19)21/h6,8,12,15-17H,4-5,7,9-11,13-14H2,1-3H3,(H,23,28). The molecule has 1 aliphatic heterocycles. The van der Waals surface area contributed by atoms with Crippen LogP contribution in [0.25, 0.3) is 5.65 Å². The highest BCUT2D eigenvalue weighted by atomic mass is 16.2. The van der Waals surface area contributed by atoms with Crippen molar-refractivity contribution in [1.82, 2.24) is 19.6 Å². The summed E-state index contributed by atoms with van der Waals surface area (Å²) in [5.74, 6) is 0.188. The fraction of sp³-hybridized carbons (Fsp3) is 0.591. The van der Waals surface area contributed by atoms with Crippen molar-refractivity contribution in [2.24, 2.45) is 0 Å². The van der Waals surface area contributed by atoms with E-state index in [9.17, 15) is 9.59 Å². The summed E-state index contributed by atoms with van der Waals surface area (Å²) in [6, 6.07) is 6.43. The van der Waals surface area contributed by atoms with Crippen LogP contribution in [0.15, 0.2) is 24.4 Å². The number of nitrogens with zero attached hydrogens (tertiary/aromatic N) is 3. The molecule has 2 atom stereocenters. The Morgan fingerprint density at radius 1 is 1.14 bits per heavy atom. The van der Waals surface area contributed by atoms with Crippen LogP contribution in [-0.4, -0.2) is 44.7 Å². The van der Waals surface area contributed by atoms with E-state index in [1.165, 1.54) is 6.42 Å². The van der Waals surface area contributed by atoms with Crippen LogP contribution in [0.2, 0.25) is 0 Å². The van der Waals surface area contributed by atoms with Crippen LogP contribution in [0, 0.1) is 6.92 Å². The molecule has 1 N–H and O–H groups in total. The molecule has 0 radical (unpaired) electrons. The Bertz CT molecular complexity index is 819. The minimum atomic E-state index is -0.0942. The highest BCUT2D eigenvalue weighted by Gasteiger charge is 2.28. The van der Waals surface area contributed by atoms with Crippen molar-refractivity contribution in [3.63, 3.8) is 0 Å². The fourth-order valence-electron chi connectivity index (χ4n) is 4.29. The molecule has 2 amide bonds. The molecule has 0 saturated carbocycles. The Kier molecular flexibility index (Phi) is 6.70. The molecular formula is C22H32N4O2. The highest BCUT2D eigenvalue weighted by molar-refractivity contribution is 5.94. The van der Waals surface area contributed by atoms with Crippen molar-refractivity contribution in [1.29, 1.82) is 0 Å². The first kappa shape index (κ1) is 20.4. The number of carbonyl (C=O) groups is 2. The number of amides is 2. The van der Waals surface area contributed by atoms with Crippen LogP contribution in [0.5, 0.6) is 0 Å². The molecule has 6 heteroatoms. The second-order valence-electron chi connectivity index (χ2n) is 7.97. The molecule has 2 unspecified atom stereocenters. The number of piperidine rings is 1. The lowest BCUT2D eigenvalue weighted by Crippen LogP contribution is -2.47. The summed E-state index contributed by atoms with van der Waals surface area (Å²) in [7, 11) is 0. The number of hydrogen-bond acceptors (Lipinski definition) is 3. The second-order valence-corrected chi connectivity index (χ2v) is 7.97. The zero-order chi connectivity index (χ0) is 20.1. The smallest absolute Gasteiger partial charge is 0.270 e. The Balaban J connectivity index is 1.39. The van der Waals surface area contributed by atoms with Crippen LogP contribution in [0.1, 0.15) is 75.0 Å². The maximum absolute atomic E-state index is 12.5. The van der Waals surface area contributed by atoms with Crippen LogP contribution in [0.3, 0.4) is 0 Å². The largest absolute Gasteiger partial charge is 0.351 e. The zero-order valence-corrected chi connectivity index (χ0v) is 17.3. The molecule has 0 aromatic carbocycles. The van der Waals surface area contributed by atoms with Crippen molar-refractivity contribution in [3.8, 4) is 0 Å². The van der Waals surface area contributed by atoms with Gasteiger partial charge in [0.15, 0.2) is 0 Å². The number of nitrogens with one attached hydrogen (secondary N) is 1. The minimum Gasteiger partial charge on any atom is -0.351 e. The molecule has 1 saturated heterocycles. The Morgan fingerprint density at radius 3 is 2.64 bits per heavy atom. The molecule has 3 heterocycles. The Morgan fingerprint density at radius 2 is 1.89 bits per heavy atom. The average molecular weight is 385 g/mol. The van der Waals surface area contributed by atoms with E-state index in [1.54, 1.807) is 0 Å². The lowest BCUT2D eigenvalue weighted by molar-refractivity contribution is -0.137. The third kappa shape index (κ3) is 4.54. The SMILES string of the molecule is Cc1nc2ccccn2c1C(=O)NCCCCCC(=O)N1C(C)CCCC1C. The summed E-state index contributed by atoms with van der Waals surface area (Å²) in [6.45, 7) is 6.79. The summed E-state index contributed by atoms with van der Waals surface area (Å²) in [5.41, 5.74) is 2.11. The van der Waals surface area contributed by atoms with Gasteiger partial charge in [-0.05, 0) is 65.0 Å². The van der Waals surface area contributed by atoms with Crippen molar-refractivity contribution >= 4 is 17.5 Å². The maximum atomic E-state index is 12.5. The maximum Gasteiger partial charge on any atom is 0.270 e. The van der Waals surface area contributed by atoms with Gasteiger partial charge in [0, 0.05) is 31.2 Å². The highest BCUT2D eigenvalue weighted by Crippen LogP contribution is 2.23. The molecule has 6 nitrogen and oxygen atoms in total. The third-order valence-corrected chi connectivity index (χ3v) is 5.75. The first-order chi connectivity index (χ1) is 13.5. The molecule has 1 fully saturated rings. The molecule has 152 valence electrons. The summed E-state index contributed by atoms with van der Waals surface area (Å²) >= 11 is 0. The van der Waals surface area contributed by atoms with E-state index in [4.69, 9.17) is 0 Å². The van der Waals surface area contributed by atoms with E-state index in [-0.39, 0.29) is 11.8 Å². The van der Waals surface area contributed by atoms with E-state index in [1.807, 2.05) is 35.7 Å². The summed E-state index contributed by atoms with van der Waals surface area (Å²) in [4.78, 5) is 31.6. The van der Waals surface area contributed by atoms with E-state index in [0.717, 1.165) is 43.4 Å². The van der Waals surface area contributed by atoms with Gasteiger partial charge >= 0.3 is 0 Å². The van der Waals surface area contributed by atoms with Crippen LogP contribution in [0.4, 0.5) is 0 Å². The summed E-state index contributed by atoms with van der Waals surface area (Å²) in [6.07, 6.45) is 8.61. The fourth-order valence-corrected chi connectivity index (χ4v) is 4.29. The zero-order valence-electron chi connectivity index (χ0n) is 17.3. The number of carbonyl (C=O) groups excluding carboxylic acids is 2. The number of pyridine rings is 1. The van der Waals surface area contributed by atoms with Gasteiger partial charge in [0.1, 0.15) is 11.3 Å². The van der Waals surface area contributed by atoms with Crippen molar-refractivity contribution in [3.05, 3.63) is 35.8 Å². The first-order valence-corrected chi connectivity index (χ1v) is 10.5. The van der Waals surface area contributed by atoms with Gasteiger partial charge in [0.2, 0.25) is 5.91 Å². The van der Waals surface area contributed by atoms with Gasteiger partial charge in [-0.25, -0.2) is 4.98 Å². The van der Waals surface area contributed by atoms with Crippen molar-refractivity contribution < 1.29 is 9.59 Å². The lowest BCUT2D eigenvalue weighted by atomic mass is 9.96. The van der Waals surface area contributed by atoms with E-state index >= 15 is 0 Å². The third-order valence-electron chi connectivity index (χ3n) is 5.75. The van der Waals surface area contributed by atoms with Gasteiger partial charge < -0.3 is 10.2 Å². The molecule has 0 bridgehead atoms. The number of fused-ring (bicyclic) bond motifs is 1. The summed E-state index contributed by atoms with van der Waals surface area (Å²) < 4.78 is 1.82. The monoisotopic (exact) mass is 384 g/mol. The Labute approximate surface area is 167 Å². The lowest BCUT2D eigenvalue weighted by Gasteiger charge is -2.39. The normalized spacial score (nSPS) is 19.8. The molecular weight excluding hydrogens is 352 g/mol. The number of rotatable bonds is 7. The number of aromatic nitrogens is 2. The van der Waals surface area contributed by atoms with Crippen molar-refractivity contribution in [2.75, 3.05) is 6.54 Å². The number of unbranched alkanes of at least 4 members (excludes halogenated alkanes) is 2. The predicted octanol–water partition coefficient (Wildman–Crippen LogP) is 3.72. The van der Waals surface area contributed by atoms with Crippen LogP contribution < -0.4 is 5.32 Å². The van der Waals surface area contributed by atoms with E-state index in [0.29, 0.717) is 30.7 Å². The molecule has 28 heavy (non-hydrogen) atoms. The van der Waals surface area contributed by atoms with Gasteiger partial charge in [-0.1, -0.05) is 12.5 Å². The molecule has 0 aliphatic carbocycles. The van der Waals surface area contributed by atoms with Gasteiger partial charge in [0.25, 0.3) is 5.91 Å². The second kappa shape index (κ2) is 9.22. The number of imidazole rings is 1. The van der Waals surface area contributed by atoms with E-state index < -0.39 is 0 Å². The van der Waals surface area contributed by atoms with Crippen molar-refractivity contribution in [2.45, 2.75) is 77.8 Å².